The number of hydrogen-bond acceptors (Lipinski definition) is 5. The monoisotopic (exact) mass is 272 g/mol. The largest absolute Gasteiger partial charge is 0.439 e. The van der Waals surface area contributed by atoms with Crippen LogP contribution in [-0.4, -0.2) is 23.2 Å². The minimum absolute atomic E-state index is 0.202. The molecule has 2 rings (SSSR count). The average molecular weight is 272 g/mol. The first-order chi connectivity index (χ1) is 9.22. The highest BCUT2D eigenvalue weighted by atomic mass is 32.2. The molecule has 0 aliphatic carbocycles. The Morgan fingerprint density at radius 1 is 1.26 bits per heavy atom. The van der Waals surface area contributed by atoms with Crippen molar-refractivity contribution in [2.45, 2.75) is 4.90 Å². The van der Waals surface area contributed by atoms with E-state index in [1.54, 1.807) is 30.0 Å². The number of benzene rings is 1. The molecule has 19 heavy (non-hydrogen) atoms. The van der Waals surface area contributed by atoms with Gasteiger partial charge in [-0.3, -0.25) is 4.79 Å². The maximum atomic E-state index is 11.3. The Bertz CT molecular complexity index is 597. The molecule has 5 heteroatoms. The maximum absolute atomic E-state index is 11.3. The molecule has 2 aromatic rings. The van der Waals surface area contributed by atoms with Crippen LogP contribution in [0.2, 0.25) is 0 Å². The van der Waals surface area contributed by atoms with Crippen molar-refractivity contribution >= 4 is 23.8 Å². The van der Waals surface area contributed by atoms with E-state index in [9.17, 15) is 4.79 Å². The summed E-state index contributed by atoms with van der Waals surface area (Å²) in [6.07, 6.45) is 2.74. The van der Waals surface area contributed by atoms with Crippen LogP contribution in [0.5, 0.6) is 11.6 Å². The van der Waals surface area contributed by atoms with Crippen molar-refractivity contribution < 1.29 is 9.53 Å². The summed E-state index contributed by atoms with van der Waals surface area (Å²) >= 11 is 1.65. The number of aromatic nitrogens is 1. The third-order valence-corrected chi connectivity index (χ3v) is 3.13. The zero-order chi connectivity index (χ0) is 13.7. The Balaban J connectivity index is 2.18. The predicted molar refractivity (Wildman–Crippen MR) is 75.6 cm³/mol. The molecule has 0 radical (unpaired) electrons. The summed E-state index contributed by atoms with van der Waals surface area (Å²) in [5.74, 6) is 0.553. The zero-order valence-corrected chi connectivity index (χ0v) is 11.1. The Morgan fingerprint density at radius 3 is 2.63 bits per heavy atom. The molecule has 0 unspecified atom stereocenters. The van der Waals surface area contributed by atoms with Gasteiger partial charge in [0.05, 0.1) is 6.21 Å². The molecule has 0 saturated carbocycles. The van der Waals surface area contributed by atoms with Crippen molar-refractivity contribution in [2.75, 3.05) is 6.26 Å². The van der Waals surface area contributed by atoms with Gasteiger partial charge in [0.15, 0.2) is 0 Å². The number of pyridine rings is 1. The Morgan fingerprint density at radius 2 is 2.00 bits per heavy atom. The van der Waals surface area contributed by atoms with Crippen molar-refractivity contribution in [3.8, 4) is 11.6 Å². The first kappa shape index (κ1) is 13.3. The number of carbonyl (C=O) groups excluding carboxylic acids is 1. The van der Waals surface area contributed by atoms with Gasteiger partial charge in [-0.2, -0.15) is 0 Å². The molecule has 0 aliphatic rings. The van der Waals surface area contributed by atoms with Crippen LogP contribution in [0.3, 0.4) is 0 Å². The van der Waals surface area contributed by atoms with Crippen LogP contribution < -0.4 is 4.74 Å². The topological polar surface area (TPSA) is 63.0 Å². The van der Waals surface area contributed by atoms with Crippen LogP contribution in [0.25, 0.3) is 0 Å². The standard InChI is InChI=1S/C14H12N2O2S/c1-19-11-7-5-10(6-8-11)18-14-4-2-3-12(16-14)13(17)9-15/h2-9,15H,1H3. The molecular weight excluding hydrogens is 260 g/mol. The molecule has 0 atom stereocenters. The lowest BCUT2D eigenvalue weighted by atomic mass is 10.2. The molecule has 1 heterocycles. The first-order valence-electron chi connectivity index (χ1n) is 5.56. The summed E-state index contributed by atoms with van der Waals surface area (Å²) in [7, 11) is 0. The molecule has 0 saturated heterocycles. The zero-order valence-electron chi connectivity index (χ0n) is 10.3. The average Bonchev–Trinajstić information content (AvgIpc) is 2.47. The van der Waals surface area contributed by atoms with Gasteiger partial charge in [-0.25, -0.2) is 4.98 Å². The lowest BCUT2D eigenvalue weighted by molar-refractivity contribution is 0.106. The van der Waals surface area contributed by atoms with Crippen LogP contribution >= 0.6 is 11.8 Å². The molecule has 0 spiro atoms. The van der Waals surface area contributed by atoms with Gasteiger partial charge in [0, 0.05) is 11.0 Å². The van der Waals surface area contributed by atoms with E-state index in [1.807, 2.05) is 30.5 Å². The molecule has 1 aromatic carbocycles. The van der Waals surface area contributed by atoms with E-state index in [1.165, 1.54) is 0 Å². The first-order valence-corrected chi connectivity index (χ1v) is 6.79. The molecule has 96 valence electrons. The number of ketones is 1. The highest BCUT2D eigenvalue weighted by Crippen LogP contribution is 2.23. The van der Waals surface area contributed by atoms with Crippen molar-refractivity contribution in [2.24, 2.45) is 0 Å². The second-order valence-corrected chi connectivity index (χ2v) is 4.53. The van der Waals surface area contributed by atoms with Crippen LogP contribution in [0.1, 0.15) is 10.5 Å². The van der Waals surface area contributed by atoms with Gasteiger partial charge >= 0.3 is 0 Å². The van der Waals surface area contributed by atoms with E-state index < -0.39 is 5.78 Å². The normalized spacial score (nSPS) is 9.95. The van der Waals surface area contributed by atoms with Crippen molar-refractivity contribution in [3.05, 3.63) is 48.2 Å². The number of carbonyl (C=O) groups is 1. The molecule has 0 aliphatic heterocycles. The van der Waals surface area contributed by atoms with E-state index in [0.29, 0.717) is 11.6 Å². The van der Waals surface area contributed by atoms with E-state index in [4.69, 9.17) is 10.1 Å². The van der Waals surface area contributed by atoms with Crippen molar-refractivity contribution in [3.63, 3.8) is 0 Å². The fraction of sp³-hybridized carbons (Fsp3) is 0.0714. The Kier molecular flexibility index (Phi) is 4.30. The minimum Gasteiger partial charge on any atom is -0.439 e. The quantitative estimate of drug-likeness (QED) is 0.514. The van der Waals surface area contributed by atoms with Crippen LogP contribution in [-0.2, 0) is 0 Å². The molecule has 0 amide bonds. The van der Waals surface area contributed by atoms with Gasteiger partial charge in [0.2, 0.25) is 11.7 Å². The van der Waals surface area contributed by atoms with Crippen LogP contribution in [0.15, 0.2) is 47.4 Å². The number of Topliss-reactive ketones (excluding diaryl/α,β-unsaturated/α-hetero) is 1. The van der Waals surface area contributed by atoms with E-state index in [2.05, 4.69) is 4.98 Å². The SMILES string of the molecule is CSc1ccc(Oc2cccc(C(=O)C=N)n2)cc1. The third kappa shape index (κ3) is 3.42. The highest BCUT2D eigenvalue weighted by molar-refractivity contribution is 7.98. The van der Waals surface area contributed by atoms with E-state index >= 15 is 0 Å². The number of ether oxygens (including phenoxy) is 1. The van der Waals surface area contributed by atoms with E-state index in [0.717, 1.165) is 11.1 Å². The van der Waals surface area contributed by atoms with Gasteiger partial charge in [-0.15, -0.1) is 11.8 Å². The second-order valence-electron chi connectivity index (χ2n) is 3.65. The Hall–Kier alpha value is -2.14. The van der Waals surface area contributed by atoms with Gasteiger partial charge in [-0.05, 0) is 36.6 Å². The molecule has 0 fully saturated rings. The minimum atomic E-state index is -0.441. The lowest BCUT2D eigenvalue weighted by Gasteiger charge is -2.06. The smallest absolute Gasteiger partial charge is 0.221 e. The molecule has 1 N–H and O–H groups in total. The van der Waals surface area contributed by atoms with Gasteiger partial charge in [0.25, 0.3) is 0 Å². The summed E-state index contributed by atoms with van der Waals surface area (Å²) in [5, 5.41) is 6.92. The summed E-state index contributed by atoms with van der Waals surface area (Å²) in [5.41, 5.74) is 0.202. The Labute approximate surface area is 115 Å². The van der Waals surface area contributed by atoms with Crippen molar-refractivity contribution in [1.82, 2.24) is 4.98 Å². The number of nitrogens with one attached hydrogen (secondary N) is 1. The second kappa shape index (κ2) is 6.15. The van der Waals surface area contributed by atoms with Gasteiger partial charge < -0.3 is 10.1 Å². The number of rotatable bonds is 5. The number of hydrogen-bond donors (Lipinski definition) is 1. The summed E-state index contributed by atoms with van der Waals surface area (Å²) in [6.45, 7) is 0. The van der Waals surface area contributed by atoms with Crippen molar-refractivity contribution in [1.29, 1.82) is 5.41 Å². The van der Waals surface area contributed by atoms with Gasteiger partial charge in [0.1, 0.15) is 11.4 Å². The molecule has 0 bridgehead atoms. The molecular formula is C14H12N2O2S. The molecule has 1 aromatic heterocycles. The fourth-order valence-corrected chi connectivity index (χ4v) is 1.86. The summed E-state index contributed by atoms with van der Waals surface area (Å²) < 4.78 is 5.57. The van der Waals surface area contributed by atoms with Gasteiger partial charge in [-0.1, -0.05) is 6.07 Å². The maximum Gasteiger partial charge on any atom is 0.221 e. The van der Waals surface area contributed by atoms with Crippen LogP contribution in [0, 0.1) is 5.41 Å². The number of nitrogens with zero attached hydrogens (tertiary/aromatic N) is 1. The third-order valence-electron chi connectivity index (χ3n) is 2.39. The predicted octanol–water partition coefficient (Wildman–Crippen LogP) is 3.43. The molecule has 4 nitrogen and oxygen atoms in total. The highest BCUT2D eigenvalue weighted by Gasteiger charge is 2.06. The summed E-state index contributed by atoms with van der Waals surface area (Å²) in [6, 6.07) is 12.5. The van der Waals surface area contributed by atoms with Crippen LogP contribution in [0.4, 0.5) is 0 Å². The lowest BCUT2D eigenvalue weighted by Crippen LogP contribution is -2.03. The summed E-state index contributed by atoms with van der Waals surface area (Å²) in [4.78, 5) is 16.5. The van der Waals surface area contributed by atoms with E-state index in [-0.39, 0.29) is 5.69 Å². The number of thioether (sulfide) groups is 1. The fourth-order valence-electron chi connectivity index (χ4n) is 1.45.